The summed E-state index contributed by atoms with van der Waals surface area (Å²) in [7, 11) is 0. The van der Waals surface area contributed by atoms with Gasteiger partial charge in [0, 0.05) is 10.0 Å². The minimum absolute atomic E-state index is 0.155. The summed E-state index contributed by atoms with van der Waals surface area (Å²) in [6, 6.07) is 5.38. The van der Waals surface area contributed by atoms with E-state index in [-0.39, 0.29) is 11.9 Å². The van der Waals surface area contributed by atoms with Gasteiger partial charge in [-0.15, -0.1) is 0 Å². The van der Waals surface area contributed by atoms with Crippen LogP contribution in [0.25, 0.3) is 0 Å². The highest BCUT2D eigenvalue weighted by atomic mass is 35.5. The Balaban J connectivity index is 2.24. The van der Waals surface area contributed by atoms with Gasteiger partial charge in [-0.2, -0.15) is 0 Å². The maximum atomic E-state index is 11.1. The van der Waals surface area contributed by atoms with Crippen LogP contribution in [-0.2, 0) is 9.53 Å². The molecule has 4 heteroatoms. The van der Waals surface area contributed by atoms with E-state index in [1.54, 1.807) is 12.1 Å². The lowest BCUT2D eigenvalue weighted by atomic mass is 9.91. The third-order valence-electron chi connectivity index (χ3n) is 2.54. The van der Waals surface area contributed by atoms with Crippen LogP contribution in [0.15, 0.2) is 18.2 Å². The molecule has 0 amide bonds. The van der Waals surface area contributed by atoms with Crippen molar-refractivity contribution < 1.29 is 9.53 Å². The van der Waals surface area contributed by atoms with Gasteiger partial charge in [0.1, 0.15) is 0 Å². The molecule has 1 atom stereocenters. The van der Waals surface area contributed by atoms with Crippen LogP contribution < -0.4 is 0 Å². The van der Waals surface area contributed by atoms with E-state index in [0.29, 0.717) is 23.1 Å². The van der Waals surface area contributed by atoms with Gasteiger partial charge in [-0.3, -0.25) is 4.79 Å². The highest BCUT2D eigenvalue weighted by Crippen LogP contribution is 2.33. The van der Waals surface area contributed by atoms with Gasteiger partial charge in [0.15, 0.2) is 0 Å². The standard InChI is InChI=1S/C11H10Cl2O2/c12-8-1-2-9(10(13)6-8)7-3-4-15-11(14)5-7/h1-2,6-7H,3-5H2/t7-/m1/s1. The first-order valence-corrected chi connectivity index (χ1v) is 5.53. The van der Waals surface area contributed by atoms with Crippen LogP contribution in [-0.4, -0.2) is 12.6 Å². The normalized spacial score (nSPS) is 21.2. The third-order valence-corrected chi connectivity index (χ3v) is 3.11. The SMILES string of the molecule is O=C1C[C@H](c2ccc(Cl)cc2Cl)CCO1. The first-order valence-electron chi connectivity index (χ1n) is 4.77. The number of halogens is 2. The van der Waals surface area contributed by atoms with Crippen molar-refractivity contribution in [3.8, 4) is 0 Å². The average Bonchev–Trinajstić information content (AvgIpc) is 2.17. The number of hydrogen-bond acceptors (Lipinski definition) is 2. The van der Waals surface area contributed by atoms with Crippen molar-refractivity contribution in [1.29, 1.82) is 0 Å². The molecule has 1 aliphatic rings. The fraction of sp³-hybridized carbons (Fsp3) is 0.364. The van der Waals surface area contributed by atoms with E-state index in [9.17, 15) is 4.79 Å². The largest absolute Gasteiger partial charge is 0.466 e. The maximum Gasteiger partial charge on any atom is 0.306 e. The number of cyclic esters (lactones) is 1. The summed E-state index contributed by atoms with van der Waals surface area (Å²) >= 11 is 11.9. The predicted molar refractivity (Wildman–Crippen MR) is 59.4 cm³/mol. The highest BCUT2D eigenvalue weighted by molar-refractivity contribution is 6.35. The van der Waals surface area contributed by atoms with E-state index in [0.717, 1.165) is 12.0 Å². The van der Waals surface area contributed by atoms with Crippen molar-refractivity contribution in [2.24, 2.45) is 0 Å². The molecule has 0 spiro atoms. The van der Waals surface area contributed by atoms with Gasteiger partial charge in [0.2, 0.25) is 0 Å². The summed E-state index contributed by atoms with van der Waals surface area (Å²) in [5.74, 6) is 0.00767. The van der Waals surface area contributed by atoms with Crippen LogP contribution >= 0.6 is 23.2 Å². The molecule has 0 N–H and O–H groups in total. The summed E-state index contributed by atoms with van der Waals surface area (Å²) in [4.78, 5) is 11.1. The highest BCUT2D eigenvalue weighted by Gasteiger charge is 2.23. The zero-order chi connectivity index (χ0) is 10.8. The maximum absolute atomic E-state index is 11.1. The van der Waals surface area contributed by atoms with Crippen molar-refractivity contribution in [2.75, 3.05) is 6.61 Å². The second-order valence-corrected chi connectivity index (χ2v) is 4.42. The first-order chi connectivity index (χ1) is 7.16. The number of hydrogen-bond donors (Lipinski definition) is 0. The lowest BCUT2D eigenvalue weighted by molar-refractivity contribution is -0.147. The zero-order valence-electron chi connectivity index (χ0n) is 8.00. The Morgan fingerprint density at radius 1 is 1.33 bits per heavy atom. The van der Waals surface area contributed by atoms with Crippen molar-refractivity contribution in [3.05, 3.63) is 33.8 Å². The molecule has 1 saturated heterocycles. The molecule has 1 heterocycles. The number of carbonyl (C=O) groups excluding carboxylic acids is 1. The minimum atomic E-state index is -0.155. The Labute approximate surface area is 98.1 Å². The smallest absolute Gasteiger partial charge is 0.306 e. The second kappa shape index (κ2) is 4.42. The Kier molecular flexibility index (Phi) is 3.17. The summed E-state index contributed by atoms with van der Waals surface area (Å²) < 4.78 is 4.89. The lowest BCUT2D eigenvalue weighted by Gasteiger charge is -2.22. The molecule has 1 aliphatic heterocycles. The molecule has 0 radical (unpaired) electrons. The van der Waals surface area contributed by atoms with Gasteiger partial charge in [-0.05, 0) is 30.0 Å². The molecule has 0 saturated carbocycles. The van der Waals surface area contributed by atoms with Gasteiger partial charge in [0.05, 0.1) is 13.0 Å². The molecule has 15 heavy (non-hydrogen) atoms. The summed E-state index contributed by atoms with van der Waals surface area (Å²) in [6.45, 7) is 0.475. The predicted octanol–water partition coefficient (Wildman–Crippen LogP) is 3.41. The van der Waals surface area contributed by atoms with E-state index in [1.807, 2.05) is 6.07 Å². The molecule has 2 rings (SSSR count). The van der Waals surface area contributed by atoms with E-state index >= 15 is 0 Å². The fourth-order valence-corrected chi connectivity index (χ4v) is 2.34. The molecule has 1 aromatic carbocycles. The molecule has 80 valence electrons. The van der Waals surface area contributed by atoms with Crippen LogP contribution in [0.4, 0.5) is 0 Å². The third kappa shape index (κ3) is 2.44. The van der Waals surface area contributed by atoms with Crippen molar-refractivity contribution in [1.82, 2.24) is 0 Å². The van der Waals surface area contributed by atoms with Crippen molar-refractivity contribution in [2.45, 2.75) is 18.8 Å². The average molecular weight is 245 g/mol. The topological polar surface area (TPSA) is 26.3 Å². The lowest BCUT2D eigenvalue weighted by Crippen LogP contribution is -2.19. The molecule has 2 nitrogen and oxygen atoms in total. The Hall–Kier alpha value is -0.730. The van der Waals surface area contributed by atoms with Gasteiger partial charge in [0.25, 0.3) is 0 Å². The second-order valence-electron chi connectivity index (χ2n) is 3.58. The van der Waals surface area contributed by atoms with E-state index in [4.69, 9.17) is 27.9 Å². The van der Waals surface area contributed by atoms with Crippen LogP contribution in [0.5, 0.6) is 0 Å². The molecule has 1 fully saturated rings. The monoisotopic (exact) mass is 244 g/mol. The molecule has 0 bridgehead atoms. The van der Waals surface area contributed by atoms with Gasteiger partial charge >= 0.3 is 5.97 Å². The Morgan fingerprint density at radius 2 is 2.13 bits per heavy atom. The molecule has 0 aliphatic carbocycles. The van der Waals surface area contributed by atoms with Gasteiger partial charge < -0.3 is 4.74 Å². The Morgan fingerprint density at radius 3 is 2.80 bits per heavy atom. The number of carbonyl (C=O) groups is 1. The number of rotatable bonds is 1. The summed E-state index contributed by atoms with van der Waals surface area (Å²) in [5.41, 5.74) is 0.984. The molecule has 0 aromatic heterocycles. The molecule has 1 aromatic rings. The van der Waals surface area contributed by atoms with Gasteiger partial charge in [-0.25, -0.2) is 0 Å². The molecular weight excluding hydrogens is 235 g/mol. The molecule has 0 unspecified atom stereocenters. The van der Waals surface area contributed by atoms with Crippen molar-refractivity contribution in [3.63, 3.8) is 0 Å². The van der Waals surface area contributed by atoms with Gasteiger partial charge in [-0.1, -0.05) is 29.3 Å². The van der Waals surface area contributed by atoms with Crippen LogP contribution in [0.2, 0.25) is 10.0 Å². The summed E-state index contributed by atoms with van der Waals surface area (Å²) in [5, 5.41) is 1.24. The molecular formula is C11H10Cl2O2. The van der Waals surface area contributed by atoms with E-state index in [1.165, 1.54) is 0 Å². The minimum Gasteiger partial charge on any atom is -0.466 e. The zero-order valence-corrected chi connectivity index (χ0v) is 9.52. The first kappa shape index (κ1) is 10.8. The van der Waals surface area contributed by atoms with Crippen LogP contribution in [0, 0.1) is 0 Å². The quantitative estimate of drug-likeness (QED) is 0.708. The number of ether oxygens (including phenoxy) is 1. The van der Waals surface area contributed by atoms with E-state index < -0.39 is 0 Å². The van der Waals surface area contributed by atoms with E-state index in [2.05, 4.69) is 0 Å². The summed E-state index contributed by atoms with van der Waals surface area (Å²) in [6.07, 6.45) is 1.23. The number of benzene rings is 1. The van der Waals surface area contributed by atoms with Crippen LogP contribution in [0.3, 0.4) is 0 Å². The fourth-order valence-electron chi connectivity index (χ4n) is 1.78. The van der Waals surface area contributed by atoms with Crippen LogP contribution in [0.1, 0.15) is 24.3 Å². The van der Waals surface area contributed by atoms with Crippen molar-refractivity contribution >= 4 is 29.2 Å². The number of esters is 1. The Bertz CT molecular complexity index is 390.